The molecule has 134 valence electrons. The molecule has 2 rings (SSSR count). The average Bonchev–Trinajstić information content (AvgIpc) is 2.93. The normalized spacial score (nSPS) is 11.4. The summed E-state index contributed by atoms with van der Waals surface area (Å²) in [5, 5.41) is 16.8. The summed E-state index contributed by atoms with van der Waals surface area (Å²) >= 11 is 5.66. The zero-order valence-electron chi connectivity index (χ0n) is 12.3. The van der Waals surface area contributed by atoms with Gasteiger partial charge in [0.15, 0.2) is 0 Å². The molecule has 0 aliphatic carbocycles. The summed E-state index contributed by atoms with van der Waals surface area (Å²) in [5.74, 6) is -0.671. The third-order valence-electron chi connectivity index (χ3n) is 2.79. The number of benzene rings is 1. The van der Waals surface area contributed by atoms with Crippen molar-refractivity contribution in [1.82, 2.24) is 9.78 Å². The molecule has 0 saturated carbocycles. The Labute approximate surface area is 143 Å². The van der Waals surface area contributed by atoms with Gasteiger partial charge in [0.2, 0.25) is 0 Å². The zero-order chi connectivity index (χ0) is 18.6. The highest BCUT2D eigenvalue weighted by atomic mass is 35.5. The lowest BCUT2D eigenvalue weighted by Crippen LogP contribution is -2.18. The van der Waals surface area contributed by atoms with Crippen molar-refractivity contribution in [2.45, 2.75) is 12.9 Å². The molecule has 0 aliphatic heterocycles. The molecule has 0 spiro atoms. The van der Waals surface area contributed by atoms with Crippen LogP contribution in [0, 0.1) is 10.1 Å². The van der Waals surface area contributed by atoms with E-state index in [9.17, 15) is 28.1 Å². The number of alkyl halides is 3. The summed E-state index contributed by atoms with van der Waals surface area (Å²) in [6, 6.07) is 3.51. The van der Waals surface area contributed by atoms with E-state index in [1.807, 2.05) is 0 Å². The van der Waals surface area contributed by atoms with Gasteiger partial charge in [-0.3, -0.25) is 14.9 Å². The Balaban J connectivity index is 1.99. The fraction of sp³-hybridized carbons (Fsp3) is 0.231. The van der Waals surface area contributed by atoms with Gasteiger partial charge < -0.3 is 10.1 Å². The summed E-state index contributed by atoms with van der Waals surface area (Å²) in [7, 11) is 0. The van der Waals surface area contributed by atoms with Gasteiger partial charge in [-0.15, -0.1) is 0 Å². The summed E-state index contributed by atoms with van der Waals surface area (Å²) in [4.78, 5) is 22.1. The lowest BCUT2D eigenvalue weighted by Gasteiger charge is -2.07. The molecule has 1 amide bonds. The van der Waals surface area contributed by atoms with Gasteiger partial charge in [-0.25, -0.2) is 4.68 Å². The number of nitro groups is 1. The second kappa shape index (κ2) is 7.49. The van der Waals surface area contributed by atoms with Crippen LogP contribution >= 0.6 is 11.6 Å². The molecule has 0 bridgehead atoms. The van der Waals surface area contributed by atoms with Crippen LogP contribution in [0.25, 0.3) is 0 Å². The highest BCUT2D eigenvalue weighted by molar-refractivity contribution is 6.32. The minimum atomic E-state index is -4.45. The van der Waals surface area contributed by atoms with Gasteiger partial charge in [-0.1, -0.05) is 11.6 Å². The second-order valence-corrected chi connectivity index (χ2v) is 5.15. The van der Waals surface area contributed by atoms with Gasteiger partial charge >= 0.3 is 6.18 Å². The fourth-order valence-electron chi connectivity index (χ4n) is 1.75. The third-order valence-corrected chi connectivity index (χ3v) is 3.11. The first-order valence-corrected chi connectivity index (χ1v) is 6.96. The number of rotatable bonds is 6. The number of carbonyl (C=O) groups excluding carboxylic acids is 1. The number of nitrogens with zero attached hydrogens (tertiary/aromatic N) is 3. The predicted octanol–water partition coefficient (Wildman–Crippen LogP) is 3.23. The van der Waals surface area contributed by atoms with E-state index in [-0.39, 0.29) is 16.3 Å². The van der Waals surface area contributed by atoms with Crippen LogP contribution in [0.15, 0.2) is 30.6 Å². The Bertz CT molecular complexity index is 794. The van der Waals surface area contributed by atoms with Crippen molar-refractivity contribution >= 4 is 28.9 Å². The third kappa shape index (κ3) is 5.43. The molecule has 0 unspecified atom stereocenters. The van der Waals surface area contributed by atoms with Crippen molar-refractivity contribution in [2.75, 3.05) is 11.9 Å². The maximum absolute atomic E-state index is 12.1. The van der Waals surface area contributed by atoms with Crippen molar-refractivity contribution in [2.24, 2.45) is 0 Å². The van der Waals surface area contributed by atoms with Gasteiger partial charge in [0, 0.05) is 11.6 Å². The topological polar surface area (TPSA) is 99.3 Å². The lowest BCUT2D eigenvalue weighted by atomic mass is 10.2. The molecule has 1 aromatic heterocycles. The first-order chi connectivity index (χ1) is 11.7. The number of hydrogen-bond acceptors (Lipinski definition) is 5. The Kier molecular flexibility index (Phi) is 5.59. The number of anilines is 1. The van der Waals surface area contributed by atoms with Crippen LogP contribution in [0.2, 0.25) is 5.02 Å². The lowest BCUT2D eigenvalue weighted by molar-refractivity contribution is -0.384. The Morgan fingerprint density at radius 2 is 2.16 bits per heavy atom. The van der Waals surface area contributed by atoms with Crippen LogP contribution in [-0.2, 0) is 11.5 Å². The summed E-state index contributed by atoms with van der Waals surface area (Å²) < 4.78 is 41.4. The minimum absolute atomic E-state index is 0.0165. The molecule has 1 heterocycles. The van der Waals surface area contributed by atoms with Crippen LogP contribution < -0.4 is 5.32 Å². The maximum Gasteiger partial charge on any atom is 0.411 e. The first kappa shape index (κ1) is 18.7. The van der Waals surface area contributed by atoms with Crippen LogP contribution in [0.3, 0.4) is 0 Å². The van der Waals surface area contributed by atoms with Crippen LogP contribution in [0.5, 0.6) is 0 Å². The van der Waals surface area contributed by atoms with E-state index in [0.29, 0.717) is 0 Å². The Hall–Kier alpha value is -2.66. The average molecular weight is 379 g/mol. The molecule has 0 saturated heterocycles. The highest BCUT2D eigenvalue weighted by Gasteiger charge is 2.27. The maximum atomic E-state index is 12.1. The molecule has 1 N–H and O–H groups in total. The van der Waals surface area contributed by atoms with Gasteiger partial charge in [0.05, 0.1) is 23.0 Å². The number of amides is 1. The summed E-state index contributed by atoms with van der Waals surface area (Å²) in [6.07, 6.45) is -2.01. The minimum Gasteiger partial charge on any atom is -0.350 e. The molecule has 25 heavy (non-hydrogen) atoms. The Morgan fingerprint density at radius 3 is 2.80 bits per heavy atom. The number of halogens is 4. The van der Waals surface area contributed by atoms with Crippen LogP contribution in [-0.4, -0.2) is 33.4 Å². The van der Waals surface area contributed by atoms with Crippen LogP contribution in [0.4, 0.5) is 24.5 Å². The monoisotopic (exact) mass is 378 g/mol. The molecule has 0 aliphatic rings. The molecule has 1 aromatic carbocycles. The van der Waals surface area contributed by atoms with E-state index in [0.717, 1.165) is 10.7 Å². The largest absolute Gasteiger partial charge is 0.411 e. The van der Waals surface area contributed by atoms with Crippen molar-refractivity contribution in [3.63, 3.8) is 0 Å². The summed E-state index contributed by atoms with van der Waals surface area (Å²) in [5.41, 5.74) is -0.263. The number of hydrogen-bond donors (Lipinski definition) is 1. The van der Waals surface area contributed by atoms with Gasteiger partial charge in [-0.2, -0.15) is 18.3 Å². The number of ether oxygens (including phenoxy) is 1. The fourth-order valence-corrected chi connectivity index (χ4v) is 1.94. The number of aromatic nitrogens is 2. The van der Waals surface area contributed by atoms with Gasteiger partial charge in [-0.05, 0) is 12.1 Å². The van der Waals surface area contributed by atoms with E-state index in [4.69, 9.17) is 11.6 Å². The van der Waals surface area contributed by atoms with E-state index in [2.05, 4.69) is 15.2 Å². The molecule has 0 fully saturated rings. The van der Waals surface area contributed by atoms with Crippen molar-refractivity contribution in [3.05, 3.63) is 51.3 Å². The molecule has 12 heteroatoms. The Morgan fingerprint density at radius 1 is 1.44 bits per heavy atom. The van der Waals surface area contributed by atoms with Crippen molar-refractivity contribution < 1.29 is 27.6 Å². The quantitative estimate of drug-likeness (QED) is 0.614. The molecular weight excluding hydrogens is 369 g/mol. The highest BCUT2D eigenvalue weighted by Crippen LogP contribution is 2.25. The molecular formula is C13H10ClF3N4O4. The van der Waals surface area contributed by atoms with E-state index < -0.39 is 36.0 Å². The second-order valence-electron chi connectivity index (χ2n) is 4.74. The number of carbonyl (C=O) groups is 1. The number of nitrogens with one attached hydrogen (secondary N) is 1. The van der Waals surface area contributed by atoms with Crippen LogP contribution in [0.1, 0.15) is 10.4 Å². The molecule has 0 atom stereocenters. The predicted molar refractivity (Wildman–Crippen MR) is 80.3 cm³/mol. The first-order valence-electron chi connectivity index (χ1n) is 6.58. The summed E-state index contributed by atoms with van der Waals surface area (Å²) in [6.45, 7) is -1.88. The standard InChI is InChI=1S/C13H10ClF3N4O4/c14-10-2-1-8(3-11(10)21(23)24)12(22)19-9-4-18-20(5-9)7-25-6-13(15,16)17/h1-5H,6-7H2,(H,19,22). The molecule has 0 radical (unpaired) electrons. The van der Waals surface area contributed by atoms with Gasteiger partial charge in [0.1, 0.15) is 18.4 Å². The number of nitro benzene ring substituents is 1. The van der Waals surface area contributed by atoms with Crippen molar-refractivity contribution in [3.8, 4) is 0 Å². The zero-order valence-corrected chi connectivity index (χ0v) is 13.0. The smallest absolute Gasteiger partial charge is 0.350 e. The van der Waals surface area contributed by atoms with E-state index in [1.54, 1.807) is 0 Å². The van der Waals surface area contributed by atoms with Gasteiger partial charge in [0.25, 0.3) is 11.6 Å². The molecule has 8 nitrogen and oxygen atoms in total. The molecule has 2 aromatic rings. The van der Waals surface area contributed by atoms with E-state index >= 15 is 0 Å². The van der Waals surface area contributed by atoms with E-state index in [1.165, 1.54) is 24.5 Å². The SMILES string of the molecule is O=C(Nc1cnn(COCC(F)(F)F)c1)c1ccc(Cl)c([N+](=O)[O-])c1. The van der Waals surface area contributed by atoms with Crippen molar-refractivity contribution in [1.29, 1.82) is 0 Å².